The zero-order chi connectivity index (χ0) is 16.7. The van der Waals surface area contributed by atoms with Gasteiger partial charge in [-0.25, -0.2) is 4.98 Å². The van der Waals surface area contributed by atoms with Crippen molar-refractivity contribution in [2.45, 2.75) is 32.7 Å². The van der Waals surface area contributed by atoms with E-state index in [0.717, 1.165) is 46.6 Å². The largest absolute Gasteiger partial charge is 0.329 e. The van der Waals surface area contributed by atoms with Crippen LogP contribution in [0.1, 0.15) is 45.4 Å². The highest BCUT2D eigenvalue weighted by Gasteiger charge is 2.33. The van der Waals surface area contributed by atoms with Gasteiger partial charge in [0, 0.05) is 12.1 Å². The number of hydrogen-bond donors (Lipinski definition) is 0. The van der Waals surface area contributed by atoms with Crippen LogP contribution in [0, 0.1) is 13.8 Å². The molecule has 1 aliphatic rings. The van der Waals surface area contributed by atoms with E-state index in [1.165, 1.54) is 4.70 Å². The number of carbonyl (C=O) groups excluding carboxylic acids is 1. The molecule has 1 unspecified atom stereocenters. The van der Waals surface area contributed by atoms with Crippen LogP contribution in [-0.2, 0) is 0 Å². The van der Waals surface area contributed by atoms with Crippen molar-refractivity contribution in [1.29, 1.82) is 0 Å². The van der Waals surface area contributed by atoms with Gasteiger partial charge in [0.05, 0.1) is 16.3 Å². The lowest BCUT2D eigenvalue weighted by atomic mass is 10.0. The van der Waals surface area contributed by atoms with E-state index >= 15 is 0 Å². The number of fused-ring (bicyclic) bond motifs is 1. The molecule has 1 fully saturated rings. The van der Waals surface area contributed by atoms with Crippen molar-refractivity contribution in [2.24, 2.45) is 0 Å². The van der Waals surface area contributed by atoms with Crippen LogP contribution in [0.2, 0.25) is 0 Å². The molecule has 1 aliphatic heterocycles. The number of aromatic nitrogens is 1. The van der Waals surface area contributed by atoms with Crippen molar-refractivity contribution in [3.8, 4) is 0 Å². The highest BCUT2D eigenvalue weighted by atomic mass is 32.1. The fourth-order valence-electron chi connectivity index (χ4n) is 3.42. The molecule has 0 N–H and O–H groups in total. The predicted molar refractivity (Wildman–Crippen MR) is 98.5 cm³/mol. The first-order valence-electron chi connectivity index (χ1n) is 8.37. The lowest BCUT2D eigenvalue weighted by Gasteiger charge is -2.24. The summed E-state index contributed by atoms with van der Waals surface area (Å²) in [4.78, 5) is 19.9. The van der Waals surface area contributed by atoms with Crippen molar-refractivity contribution in [3.05, 3.63) is 64.2 Å². The third-order valence-corrected chi connectivity index (χ3v) is 5.87. The number of nitrogens with zero attached hydrogens (tertiary/aromatic N) is 2. The first-order chi connectivity index (χ1) is 11.6. The third kappa shape index (κ3) is 2.61. The molecule has 4 heteroatoms. The minimum absolute atomic E-state index is 0.106. The summed E-state index contributed by atoms with van der Waals surface area (Å²) in [5.41, 5.74) is 4.02. The summed E-state index contributed by atoms with van der Waals surface area (Å²) in [5.74, 6) is 0.137. The van der Waals surface area contributed by atoms with Gasteiger partial charge in [-0.1, -0.05) is 29.8 Å². The Hall–Kier alpha value is -2.20. The molecule has 4 rings (SSSR count). The summed E-state index contributed by atoms with van der Waals surface area (Å²) in [5, 5.41) is 1.06. The minimum Gasteiger partial charge on any atom is -0.329 e. The molecule has 1 atom stereocenters. The fraction of sp³-hybridized carbons (Fsp3) is 0.300. The van der Waals surface area contributed by atoms with Crippen molar-refractivity contribution >= 4 is 27.5 Å². The van der Waals surface area contributed by atoms with Gasteiger partial charge >= 0.3 is 0 Å². The molecule has 1 saturated heterocycles. The topological polar surface area (TPSA) is 33.2 Å². The van der Waals surface area contributed by atoms with E-state index in [1.54, 1.807) is 11.3 Å². The predicted octanol–water partition coefficient (Wildman–Crippen LogP) is 4.89. The van der Waals surface area contributed by atoms with Gasteiger partial charge in [-0.05, 0) is 50.5 Å². The summed E-state index contributed by atoms with van der Waals surface area (Å²) in [7, 11) is 0. The second-order valence-electron chi connectivity index (χ2n) is 6.49. The first-order valence-corrected chi connectivity index (χ1v) is 9.19. The molecule has 1 aromatic heterocycles. The van der Waals surface area contributed by atoms with E-state index in [-0.39, 0.29) is 11.9 Å². The summed E-state index contributed by atoms with van der Waals surface area (Å²) in [6.45, 7) is 4.85. The Kier molecular flexibility index (Phi) is 3.85. The quantitative estimate of drug-likeness (QED) is 0.667. The third-order valence-electron chi connectivity index (χ3n) is 4.73. The number of thiazole rings is 1. The Morgan fingerprint density at radius 2 is 2.04 bits per heavy atom. The Morgan fingerprint density at radius 3 is 2.88 bits per heavy atom. The number of carbonyl (C=O) groups is 1. The molecular formula is C20H20N2OS. The fourth-order valence-corrected chi connectivity index (χ4v) is 4.54. The number of rotatable bonds is 2. The molecule has 1 amide bonds. The molecule has 24 heavy (non-hydrogen) atoms. The van der Waals surface area contributed by atoms with Gasteiger partial charge in [-0.2, -0.15) is 0 Å². The number of benzene rings is 2. The Bertz CT molecular complexity index is 882. The van der Waals surface area contributed by atoms with Crippen molar-refractivity contribution in [1.82, 2.24) is 9.88 Å². The maximum atomic E-state index is 13.1. The van der Waals surface area contributed by atoms with Crippen LogP contribution >= 0.6 is 11.3 Å². The van der Waals surface area contributed by atoms with Gasteiger partial charge in [0.2, 0.25) is 0 Å². The van der Waals surface area contributed by atoms with Gasteiger partial charge < -0.3 is 4.90 Å². The van der Waals surface area contributed by atoms with Gasteiger partial charge in [-0.15, -0.1) is 11.3 Å². The molecule has 3 aromatic rings. The minimum atomic E-state index is 0.106. The number of likely N-dealkylation sites (tertiary alicyclic amines) is 1. The molecule has 122 valence electrons. The summed E-state index contributed by atoms with van der Waals surface area (Å²) in [6.07, 6.45) is 2.04. The van der Waals surface area contributed by atoms with Crippen molar-refractivity contribution < 1.29 is 4.79 Å². The van der Waals surface area contributed by atoms with Crippen LogP contribution in [0.15, 0.2) is 42.5 Å². The number of amides is 1. The Balaban J connectivity index is 1.69. The zero-order valence-corrected chi connectivity index (χ0v) is 14.8. The second-order valence-corrected chi connectivity index (χ2v) is 7.56. The maximum absolute atomic E-state index is 13.1. The molecule has 3 nitrogen and oxygen atoms in total. The van der Waals surface area contributed by atoms with E-state index in [9.17, 15) is 4.79 Å². The molecular weight excluding hydrogens is 316 g/mol. The van der Waals surface area contributed by atoms with Gasteiger partial charge in [-0.3, -0.25) is 4.79 Å². The molecule has 0 aliphatic carbocycles. The molecule has 2 heterocycles. The molecule has 0 radical (unpaired) electrons. The average Bonchev–Trinajstić information content (AvgIpc) is 3.22. The van der Waals surface area contributed by atoms with Gasteiger partial charge in [0.15, 0.2) is 0 Å². The van der Waals surface area contributed by atoms with E-state index in [4.69, 9.17) is 4.98 Å². The second kappa shape index (κ2) is 6.02. The monoisotopic (exact) mass is 336 g/mol. The number of para-hydroxylation sites is 1. The van der Waals surface area contributed by atoms with Crippen LogP contribution in [0.25, 0.3) is 10.2 Å². The SMILES string of the molecule is Cc1ccc(C)c(C(=O)N2CCCC2c2nc3ccccc3s2)c1. The van der Waals surface area contributed by atoms with E-state index in [2.05, 4.69) is 12.1 Å². The van der Waals surface area contributed by atoms with Crippen LogP contribution < -0.4 is 0 Å². The first kappa shape index (κ1) is 15.3. The summed E-state index contributed by atoms with van der Waals surface area (Å²) in [6, 6.07) is 14.4. The standard InChI is InChI=1S/C20H20N2OS/c1-13-9-10-14(2)15(12-13)20(23)22-11-5-7-17(22)19-21-16-6-3-4-8-18(16)24-19/h3-4,6,8-10,12,17H,5,7,11H2,1-2H3. The zero-order valence-electron chi connectivity index (χ0n) is 14.0. The van der Waals surface area contributed by atoms with Crippen LogP contribution in [0.5, 0.6) is 0 Å². The lowest BCUT2D eigenvalue weighted by Crippen LogP contribution is -2.31. The van der Waals surface area contributed by atoms with Gasteiger partial charge in [0.1, 0.15) is 5.01 Å². The van der Waals surface area contributed by atoms with Crippen LogP contribution in [-0.4, -0.2) is 22.3 Å². The van der Waals surface area contributed by atoms with E-state index in [1.807, 2.05) is 49.1 Å². The molecule has 2 aromatic carbocycles. The Labute approximate surface area is 146 Å². The normalized spacial score (nSPS) is 17.6. The highest BCUT2D eigenvalue weighted by Crippen LogP contribution is 2.37. The summed E-state index contributed by atoms with van der Waals surface area (Å²) >= 11 is 1.71. The van der Waals surface area contributed by atoms with E-state index < -0.39 is 0 Å². The highest BCUT2D eigenvalue weighted by molar-refractivity contribution is 7.18. The molecule has 0 saturated carbocycles. The maximum Gasteiger partial charge on any atom is 0.254 e. The summed E-state index contributed by atoms with van der Waals surface area (Å²) < 4.78 is 1.19. The van der Waals surface area contributed by atoms with Crippen molar-refractivity contribution in [3.63, 3.8) is 0 Å². The van der Waals surface area contributed by atoms with E-state index in [0.29, 0.717) is 0 Å². The van der Waals surface area contributed by atoms with Crippen molar-refractivity contribution in [2.75, 3.05) is 6.54 Å². The van der Waals surface area contributed by atoms with Crippen LogP contribution in [0.4, 0.5) is 0 Å². The van der Waals surface area contributed by atoms with Crippen LogP contribution in [0.3, 0.4) is 0 Å². The smallest absolute Gasteiger partial charge is 0.254 e. The Morgan fingerprint density at radius 1 is 1.21 bits per heavy atom. The molecule has 0 spiro atoms. The average molecular weight is 336 g/mol. The lowest BCUT2D eigenvalue weighted by molar-refractivity contribution is 0.0734. The molecule has 0 bridgehead atoms. The number of hydrogen-bond acceptors (Lipinski definition) is 3. The number of aryl methyl sites for hydroxylation is 2. The van der Waals surface area contributed by atoms with Gasteiger partial charge in [0.25, 0.3) is 5.91 Å².